The predicted octanol–water partition coefficient (Wildman–Crippen LogP) is 2.66. The van der Waals surface area contributed by atoms with Gasteiger partial charge in [-0.2, -0.15) is 0 Å². The quantitative estimate of drug-likeness (QED) is 0.842. The molecule has 1 aromatic rings. The Morgan fingerprint density at radius 1 is 1.27 bits per heavy atom. The molecule has 1 aromatic carbocycles. The van der Waals surface area contributed by atoms with Crippen LogP contribution in [0.3, 0.4) is 0 Å². The molecule has 1 aliphatic rings. The summed E-state index contributed by atoms with van der Waals surface area (Å²) >= 11 is 3.34. The standard InChI is InChI=1S/C15H21BrN2O3S/c1-22(20,21)18(14-10-6-5-9-13(14)16)11-15(19)17-12-7-3-2-4-8-12/h5-6,9-10,12H,2-4,7-8,11H2,1H3,(H,17,19). The minimum atomic E-state index is -3.53. The Morgan fingerprint density at radius 3 is 2.50 bits per heavy atom. The predicted molar refractivity (Wildman–Crippen MR) is 91.3 cm³/mol. The molecule has 22 heavy (non-hydrogen) atoms. The Labute approximate surface area is 140 Å². The van der Waals surface area contributed by atoms with Crippen LogP contribution in [0, 0.1) is 0 Å². The number of halogens is 1. The molecule has 0 radical (unpaired) electrons. The summed E-state index contributed by atoms with van der Waals surface area (Å²) in [6, 6.07) is 7.15. The Balaban J connectivity index is 2.11. The third-order valence-corrected chi connectivity index (χ3v) is 5.58. The average molecular weight is 389 g/mol. The molecule has 2 rings (SSSR count). The van der Waals surface area contributed by atoms with E-state index in [1.807, 2.05) is 0 Å². The van der Waals surface area contributed by atoms with Gasteiger partial charge in [-0.25, -0.2) is 8.42 Å². The highest BCUT2D eigenvalue weighted by molar-refractivity contribution is 9.10. The summed E-state index contributed by atoms with van der Waals surface area (Å²) in [6.45, 7) is -0.196. The Kier molecular flexibility index (Phi) is 5.86. The number of rotatable bonds is 5. The molecule has 122 valence electrons. The summed E-state index contributed by atoms with van der Waals surface area (Å²) in [5.41, 5.74) is 0.476. The molecule has 1 aliphatic carbocycles. The summed E-state index contributed by atoms with van der Waals surface area (Å²) in [5.74, 6) is -0.256. The molecule has 5 nitrogen and oxygen atoms in total. The molecular weight excluding hydrogens is 368 g/mol. The topological polar surface area (TPSA) is 66.5 Å². The summed E-state index contributed by atoms with van der Waals surface area (Å²) in [6.07, 6.45) is 6.49. The second-order valence-electron chi connectivity index (χ2n) is 5.62. The fraction of sp³-hybridized carbons (Fsp3) is 0.533. The van der Waals surface area contributed by atoms with Crippen LogP contribution in [0.25, 0.3) is 0 Å². The highest BCUT2D eigenvalue weighted by Crippen LogP contribution is 2.27. The van der Waals surface area contributed by atoms with Crippen molar-refractivity contribution in [3.05, 3.63) is 28.7 Å². The van der Waals surface area contributed by atoms with Gasteiger partial charge in [-0.3, -0.25) is 9.10 Å². The zero-order valence-corrected chi connectivity index (χ0v) is 15.0. The van der Waals surface area contributed by atoms with Crippen molar-refractivity contribution in [2.75, 3.05) is 17.1 Å². The van der Waals surface area contributed by atoms with E-state index in [2.05, 4.69) is 21.2 Å². The number of nitrogens with zero attached hydrogens (tertiary/aromatic N) is 1. The van der Waals surface area contributed by atoms with E-state index >= 15 is 0 Å². The van der Waals surface area contributed by atoms with Crippen LogP contribution in [0.1, 0.15) is 32.1 Å². The Bertz CT molecular complexity index is 627. The van der Waals surface area contributed by atoms with Crippen LogP contribution >= 0.6 is 15.9 Å². The lowest BCUT2D eigenvalue weighted by Gasteiger charge is -2.26. The third-order valence-electron chi connectivity index (χ3n) is 3.78. The largest absolute Gasteiger partial charge is 0.352 e. The molecule has 0 aromatic heterocycles. The second-order valence-corrected chi connectivity index (χ2v) is 8.38. The first kappa shape index (κ1) is 17.3. The molecule has 0 bridgehead atoms. The first-order valence-electron chi connectivity index (χ1n) is 7.39. The van der Waals surface area contributed by atoms with Gasteiger partial charge < -0.3 is 5.32 Å². The van der Waals surface area contributed by atoms with Crippen LogP contribution in [-0.4, -0.2) is 33.2 Å². The second kappa shape index (κ2) is 7.46. The number of sulfonamides is 1. The summed E-state index contributed by atoms with van der Waals surface area (Å²) < 4.78 is 25.9. The lowest BCUT2D eigenvalue weighted by Crippen LogP contribution is -2.44. The molecule has 1 fully saturated rings. The van der Waals surface area contributed by atoms with Gasteiger partial charge in [-0.15, -0.1) is 0 Å². The molecule has 0 saturated heterocycles. The highest BCUT2D eigenvalue weighted by Gasteiger charge is 2.24. The van der Waals surface area contributed by atoms with E-state index in [1.54, 1.807) is 24.3 Å². The number of nitrogens with one attached hydrogen (secondary N) is 1. The molecular formula is C15H21BrN2O3S. The highest BCUT2D eigenvalue weighted by atomic mass is 79.9. The fourth-order valence-corrected chi connectivity index (χ4v) is 4.17. The normalized spacial score (nSPS) is 16.3. The number of benzene rings is 1. The van der Waals surface area contributed by atoms with Crippen molar-refractivity contribution in [3.63, 3.8) is 0 Å². The average Bonchev–Trinajstić information content (AvgIpc) is 2.46. The van der Waals surface area contributed by atoms with E-state index in [9.17, 15) is 13.2 Å². The van der Waals surface area contributed by atoms with Crippen LogP contribution in [0.5, 0.6) is 0 Å². The molecule has 1 saturated carbocycles. The van der Waals surface area contributed by atoms with Gasteiger partial charge in [0.25, 0.3) is 0 Å². The van der Waals surface area contributed by atoms with Crippen LogP contribution in [0.15, 0.2) is 28.7 Å². The summed E-state index contributed by atoms with van der Waals surface area (Å²) in [4.78, 5) is 12.2. The maximum Gasteiger partial charge on any atom is 0.240 e. The zero-order chi connectivity index (χ0) is 16.2. The van der Waals surface area contributed by atoms with Crippen molar-refractivity contribution in [1.29, 1.82) is 0 Å². The van der Waals surface area contributed by atoms with Crippen molar-refractivity contribution >= 4 is 37.5 Å². The lowest BCUT2D eigenvalue weighted by molar-refractivity contribution is -0.120. The van der Waals surface area contributed by atoms with Gasteiger partial charge in [0.15, 0.2) is 0 Å². The summed E-state index contributed by atoms with van der Waals surface area (Å²) in [5, 5.41) is 2.95. The van der Waals surface area contributed by atoms with E-state index in [0.717, 1.165) is 36.2 Å². The number of anilines is 1. The number of carbonyl (C=O) groups excluding carboxylic acids is 1. The number of para-hydroxylation sites is 1. The van der Waals surface area contributed by atoms with Gasteiger partial charge in [0.1, 0.15) is 6.54 Å². The van der Waals surface area contributed by atoms with Crippen LogP contribution < -0.4 is 9.62 Å². The van der Waals surface area contributed by atoms with Crippen molar-refractivity contribution < 1.29 is 13.2 Å². The smallest absolute Gasteiger partial charge is 0.240 e. The molecule has 0 unspecified atom stereocenters. The summed E-state index contributed by atoms with van der Waals surface area (Å²) in [7, 11) is -3.53. The Morgan fingerprint density at radius 2 is 1.91 bits per heavy atom. The van der Waals surface area contributed by atoms with Crippen molar-refractivity contribution in [3.8, 4) is 0 Å². The SMILES string of the molecule is CS(=O)(=O)N(CC(=O)NC1CCCCC1)c1ccccc1Br. The molecule has 0 aliphatic heterocycles. The molecule has 0 atom stereocenters. The third kappa shape index (κ3) is 4.71. The van der Waals surface area contributed by atoms with Crippen LogP contribution in [0.2, 0.25) is 0 Å². The van der Waals surface area contributed by atoms with Gasteiger partial charge in [0.2, 0.25) is 15.9 Å². The van der Waals surface area contributed by atoms with Crippen LogP contribution in [-0.2, 0) is 14.8 Å². The van der Waals surface area contributed by atoms with Gasteiger partial charge in [0.05, 0.1) is 11.9 Å². The van der Waals surface area contributed by atoms with Crippen molar-refractivity contribution in [2.45, 2.75) is 38.1 Å². The minimum Gasteiger partial charge on any atom is -0.352 e. The van der Waals surface area contributed by atoms with Gasteiger partial charge in [-0.1, -0.05) is 31.4 Å². The van der Waals surface area contributed by atoms with Crippen molar-refractivity contribution in [1.82, 2.24) is 5.32 Å². The van der Waals surface area contributed by atoms with E-state index in [-0.39, 0.29) is 18.5 Å². The maximum atomic E-state index is 12.2. The number of hydrogen-bond donors (Lipinski definition) is 1. The number of amides is 1. The van der Waals surface area contributed by atoms with Gasteiger partial charge >= 0.3 is 0 Å². The van der Waals surface area contributed by atoms with E-state index < -0.39 is 10.0 Å². The van der Waals surface area contributed by atoms with E-state index in [4.69, 9.17) is 0 Å². The lowest BCUT2D eigenvalue weighted by atomic mass is 9.95. The van der Waals surface area contributed by atoms with Gasteiger partial charge in [-0.05, 0) is 40.9 Å². The van der Waals surface area contributed by atoms with Crippen molar-refractivity contribution in [2.24, 2.45) is 0 Å². The molecule has 1 N–H and O–H groups in total. The van der Waals surface area contributed by atoms with E-state index in [0.29, 0.717) is 10.2 Å². The number of hydrogen-bond acceptors (Lipinski definition) is 3. The van der Waals surface area contributed by atoms with Crippen LogP contribution in [0.4, 0.5) is 5.69 Å². The maximum absolute atomic E-state index is 12.2. The zero-order valence-electron chi connectivity index (χ0n) is 12.6. The molecule has 0 heterocycles. The molecule has 1 amide bonds. The monoisotopic (exact) mass is 388 g/mol. The first-order chi connectivity index (χ1) is 10.4. The fourth-order valence-electron chi connectivity index (χ4n) is 2.69. The van der Waals surface area contributed by atoms with E-state index in [1.165, 1.54) is 6.42 Å². The molecule has 0 spiro atoms. The number of carbonyl (C=O) groups is 1. The first-order valence-corrected chi connectivity index (χ1v) is 10.0. The minimum absolute atomic E-state index is 0.168. The Hall–Kier alpha value is -1.08. The molecule has 7 heteroatoms. The van der Waals surface area contributed by atoms with Gasteiger partial charge in [0, 0.05) is 10.5 Å².